The van der Waals surface area contributed by atoms with Crippen molar-refractivity contribution in [3.63, 3.8) is 0 Å². The quantitative estimate of drug-likeness (QED) is 0.536. The van der Waals surface area contributed by atoms with Gasteiger partial charge in [-0.25, -0.2) is 4.79 Å². The molecular formula is C25H22N2O4S. The van der Waals surface area contributed by atoms with Crippen LogP contribution in [0.4, 0.5) is 4.79 Å². The topological polar surface area (TPSA) is 79.6 Å². The highest BCUT2D eigenvalue weighted by atomic mass is 32.2. The fourth-order valence-electron chi connectivity index (χ4n) is 3.81. The zero-order chi connectivity index (χ0) is 23.0. The molecule has 162 valence electrons. The van der Waals surface area contributed by atoms with Gasteiger partial charge in [0.2, 0.25) is 0 Å². The standard InChI is InChI=1S/C25H22N2O4S/c1-15-8-10-18(11-9-15)14-26-23(28)22(32-25(26)31)13-19-12-16(2)27(17(19)3)21-7-5-4-6-20(21)24(29)30/h4-13H,14H2,1-3H3,(H,29,30)/b22-13-. The Morgan fingerprint density at radius 3 is 2.41 bits per heavy atom. The Hall–Kier alpha value is -3.58. The molecule has 6 nitrogen and oxygen atoms in total. The largest absolute Gasteiger partial charge is 0.478 e. The van der Waals surface area contributed by atoms with E-state index in [2.05, 4.69) is 0 Å². The summed E-state index contributed by atoms with van der Waals surface area (Å²) in [6, 6.07) is 16.4. The van der Waals surface area contributed by atoms with Gasteiger partial charge in [0.25, 0.3) is 11.1 Å². The Balaban J connectivity index is 1.66. The van der Waals surface area contributed by atoms with Gasteiger partial charge in [0.05, 0.1) is 22.7 Å². The van der Waals surface area contributed by atoms with E-state index in [1.54, 1.807) is 30.3 Å². The van der Waals surface area contributed by atoms with Crippen LogP contribution in [0, 0.1) is 20.8 Å². The van der Waals surface area contributed by atoms with Crippen LogP contribution in [-0.4, -0.2) is 31.7 Å². The lowest BCUT2D eigenvalue weighted by Crippen LogP contribution is -2.27. The van der Waals surface area contributed by atoms with E-state index in [0.717, 1.165) is 39.8 Å². The summed E-state index contributed by atoms with van der Waals surface area (Å²) in [7, 11) is 0. The summed E-state index contributed by atoms with van der Waals surface area (Å²) in [5, 5.41) is 9.26. The maximum atomic E-state index is 12.9. The van der Waals surface area contributed by atoms with E-state index < -0.39 is 5.97 Å². The minimum atomic E-state index is -1.01. The Kier molecular flexibility index (Phi) is 5.76. The van der Waals surface area contributed by atoms with Gasteiger partial charge in [0.1, 0.15) is 0 Å². The molecule has 2 heterocycles. The predicted octanol–water partition coefficient (Wildman–Crippen LogP) is 5.34. The fraction of sp³-hybridized carbons (Fsp3) is 0.160. The van der Waals surface area contributed by atoms with Crippen LogP contribution in [0.1, 0.15) is 38.4 Å². The molecule has 0 atom stereocenters. The summed E-state index contributed by atoms with van der Waals surface area (Å²) in [6.45, 7) is 5.96. The summed E-state index contributed by atoms with van der Waals surface area (Å²) in [5.74, 6) is -1.33. The lowest BCUT2D eigenvalue weighted by Gasteiger charge is -2.13. The van der Waals surface area contributed by atoms with Crippen LogP contribution in [0.5, 0.6) is 0 Å². The predicted molar refractivity (Wildman–Crippen MR) is 125 cm³/mol. The summed E-state index contributed by atoms with van der Waals surface area (Å²) in [4.78, 5) is 38.7. The van der Waals surface area contributed by atoms with Gasteiger partial charge in [-0.3, -0.25) is 14.5 Å². The van der Waals surface area contributed by atoms with Gasteiger partial charge < -0.3 is 9.67 Å². The molecule has 2 amide bonds. The average Bonchev–Trinajstić information content (AvgIpc) is 3.18. The van der Waals surface area contributed by atoms with E-state index in [-0.39, 0.29) is 23.3 Å². The highest BCUT2D eigenvalue weighted by Gasteiger charge is 2.35. The lowest BCUT2D eigenvalue weighted by atomic mass is 10.1. The number of nitrogens with zero attached hydrogens (tertiary/aromatic N) is 2. The van der Waals surface area contributed by atoms with E-state index in [1.807, 2.05) is 55.7 Å². The molecular weight excluding hydrogens is 424 g/mol. The number of carboxylic acid groups (broad SMARTS) is 1. The Morgan fingerprint density at radius 1 is 1.03 bits per heavy atom. The molecule has 1 aromatic heterocycles. The van der Waals surface area contributed by atoms with Crippen molar-refractivity contribution in [2.24, 2.45) is 0 Å². The second-order valence-corrected chi connectivity index (χ2v) is 8.73. The van der Waals surface area contributed by atoms with E-state index in [9.17, 15) is 19.5 Å². The molecule has 0 radical (unpaired) electrons. The normalized spacial score (nSPS) is 15.1. The fourth-order valence-corrected chi connectivity index (χ4v) is 4.64. The molecule has 2 aromatic carbocycles. The van der Waals surface area contributed by atoms with Crippen molar-refractivity contribution in [2.45, 2.75) is 27.3 Å². The number of thioether (sulfide) groups is 1. The van der Waals surface area contributed by atoms with Crippen LogP contribution in [0.15, 0.2) is 59.5 Å². The molecule has 0 spiro atoms. The van der Waals surface area contributed by atoms with Gasteiger partial charge in [0.15, 0.2) is 0 Å². The number of carbonyl (C=O) groups is 3. The first-order chi connectivity index (χ1) is 15.3. The van der Waals surface area contributed by atoms with Crippen LogP contribution < -0.4 is 0 Å². The maximum Gasteiger partial charge on any atom is 0.337 e. The summed E-state index contributed by atoms with van der Waals surface area (Å²) in [6.07, 6.45) is 1.71. The number of aromatic carboxylic acids is 1. The van der Waals surface area contributed by atoms with Crippen molar-refractivity contribution in [3.8, 4) is 5.69 Å². The first kappa shape index (κ1) is 21.6. The molecule has 1 saturated heterocycles. The second-order valence-electron chi connectivity index (χ2n) is 7.74. The van der Waals surface area contributed by atoms with Gasteiger partial charge in [-0.2, -0.15) is 0 Å². The van der Waals surface area contributed by atoms with E-state index in [4.69, 9.17) is 0 Å². The van der Waals surface area contributed by atoms with Crippen molar-refractivity contribution in [1.29, 1.82) is 0 Å². The molecule has 0 aliphatic carbocycles. The molecule has 1 fully saturated rings. The summed E-state index contributed by atoms with van der Waals surface area (Å²) >= 11 is 0.922. The van der Waals surface area contributed by atoms with Crippen LogP contribution in [0.2, 0.25) is 0 Å². The minimum absolute atomic E-state index is 0.194. The molecule has 0 bridgehead atoms. The van der Waals surface area contributed by atoms with Gasteiger partial charge in [0, 0.05) is 11.4 Å². The Morgan fingerprint density at radius 2 is 1.72 bits per heavy atom. The maximum absolute atomic E-state index is 12.9. The number of rotatable bonds is 5. The molecule has 0 saturated carbocycles. The van der Waals surface area contributed by atoms with E-state index >= 15 is 0 Å². The smallest absolute Gasteiger partial charge is 0.337 e. The van der Waals surface area contributed by atoms with E-state index in [1.165, 1.54) is 4.90 Å². The summed E-state index contributed by atoms with van der Waals surface area (Å²) < 4.78 is 1.85. The molecule has 32 heavy (non-hydrogen) atoms. The number of hydrogen-bond acceptors (Lipinski definition) is 4. The molecule has 1 aliphatic rings. The van der Waals surface area contributed by atoms with Crippen molar-refractivity contribution < 1.29 is 19.5 Å². The average molecular weight is 447 g/mol. The summed E-state index contributed by atoms with van der Waals surface area (Å²) in [5.41, 5.74) is 5.15. The van der Waals surface area contributed by atoms with Crippen molar-refractivity contribution in [1.82, 2.24) is 9.47 Å². The molecule has 3 aromatic rings. The second kappa shape index (κ2) is 8.51. The zero-order valence-corrected chi connectivity index (χ0v) is 18.8. The minimum Gasteiger partial charge on any atom is -0.478 e. The van der Waals surface area contributed by atoms with Crippen molar-refractivity contribution >= 4 is 35.0 Å². The highest BCUT2D eigenvalue weighted by molar-refractivity contribution is 8.18. The number of benzene rings is 2. The molecule has 0 unspecified atom stereocenters. The Bertz CT molecular complexity index is 1270. The first-order valence-electron chi connectivity index (χ1n) is 10.1. The highest BCUT2D eigenvalue weighted by Crippen LogP contribution is 2.35. The number of aryl methyl sites for hydroxylation is 2. The van der Waals surface area contributed by atoms with Crippen LogP contribution >= 0.6 is 11.8 Å². The molecule has 7 heteroatoms. The Labute approximate surface area is 190 Å². The first-order valence-corrected chi connectivity index (χ1v) is 10.9. The SMILES string of the molecule is Cc1ccc(CN2C(=O)S/C(=C\c3cc(C)n(-c4ccccc4C(=O)O)c3C)C2=O)cc1. The number of carbonyl (C=O) groups excluding carboxylic acids is 2. The number of para-hydroxylation sites is 1. The molecule has 4 rings (SSSR count). The third-order valence-electron chi connectivity index (χ3n) is 5.47. The third kappa shape index (κ3) is 3.99. The number of amides is 2. The third-order valence-corrected chi connectivity index (χ3v) is 6.37. The number of hydrogen-bond donors (Lipinski definition) is 1. The number of imide groups is 1. The van der Waals surface area contributed by atoms with Crippen LogP contribution in [-0.2, 0) is 11.3 Å². The number of carboxylic acids is 1. The van der Waals surface area contributed by atoms with Gasteiger partial charge >= 0.3 is 5.97 Å². The van der Waals surface area contributed by atoms with Gasteiger partial charge in [-0.1, -0.05) is 42.0 Å². The van der Waals surface area contributed by atoms with Crippen LogP contribution in [0.25, 0.3) is 11.8 Å². The number of aromatic nitrogens is 1. The monoisotopic (exact) mass is 446 g/mol. The zero-order valence-electron chi connectivity index (χ0n) is 18.0. The van der Waals surface area contributed by atoms with Crippen molar-refractivity contribution in [3.05, 3.63) is 93.1 Å². The van der Waals surface area contributed by atoms with Gasteiger partial charge in [-0.15, -0.1) is 0 Å². The van der Waals surface area contributed by atoms with Gasteiger partial charge in [-0.05, 0) is 67.9 Å². The lowest BCUT2D eigenvalue weighted by molar-refractivity contribution is -0.123. The molecule has 1 N–H and O–H groups in total. The van der Waals surface area contributed by atoms with Crippen molar-refractivity contribution in [2.75, 3.05) is 0 Å². The van der Waals surface area contributed by atoms with Crippen LogP contribution in [0.3, 0.4) is 0 Å². The molecule has 1 aliphatic heterocycles. The van der Waals surface area contributed by atoms with E-state index in [0.29, 0.717) is 10.6 Å².